The highest BCUT2D eigenvalue weighted by Crippen LogP contribution is 2.53. The summed E-state index contributed by atoms with van der Waals surface area (Å²) in [7, 11) is 0. The highest BCUT2D eigenvalue weighted by molar-refractivity contribution is 7.26. The summed E-state index contributed by atoms with van der Waals surface area (Å²) in [5.74, 6) is 0. The van der Waals surface area contributed by atoms with Crippen molar-refractivity contribution < 1.29 is 4.42 Å². The fraction of sp³-hybridized carbons (Fsp3) is 0. The molecule has 0 amide bonds. The second-order valence-corrected chi connectivity index (χ2v) is 33.8. The molecule has 126 heavy (non-hydrogen) atoms. The molecule has 0 unspecified atom stereocenters. The number of anilines is 6. The Hall–Kier alpha value is -16.2. The number of thiophene rings is 1. The lowest BCUT2D eigenvalue weighted by Crippen LogP contribution is -2.11. The van der Waals surface area contributed by atoms with Crippen molar-refractivity contribution in [1.82, 2.24) is 0 Å². The van der Waals surface area contributed by atoms with Gasteiger partial charge in [0, 0.05) is 75.6 Å². The average molecular weight is 1620 g/mol. The number of hydrogen-bond acceptors (Lipinski definition) is 4. The third kappa shape index (κ3) is 12.6. The van der Waals surface area contributed by atoms with Gasteiger partial charge in [-0.15, -0.1) is 11.3 Å². The summed E-state index contributed by atoms with van der Waals surface area (Å²) in [6.45, 7) is 0. The molecule has 0 radical (unpaired) electrons. The summed E-state index contributed by atoms with van der Waals surface area (Å²) in [5.41, 5.74) is 25.0. The predicted molar refractivity (Wildman–Crippen MR) is 541 cm³/mol. The lowest BCUT2D eigenvalue weighted by atomic mass is 9.85. The van der Waals surface area contributed by atoms with E-state index in [4.69, 9.17) is 4.42 Å². The zero-order valence-electron chi connectivity index (χ0n) is 68.7. The molecule has 0 saturated heterocycles. The van der Waals surface area contributed by atoms with Crippen LogP contribution in [0.4, 0.5) is 34.1 Å². The summed E-state index contributed by atoms with van der Waals surface area (Å²) in [5, 5.41) is 24.6. The maximum atomic E-state index is 6.87. The Kier molecular flexibility index (Phi) is 18.1. The molecule has 0 saturated carbocycles. The largest absolute Gasteiger partial charge is 0.455 e. The molecule has 0 aliphatic rings. The van der Waals surface area contributed by atoms with Crippen LogP contribution in [0.25, 0.3) is 206 Å². The molecular formula is C122H78N2OS. The van der Waals surface area contributed by atoms with Gasteiger partial charge in [-0.3, -0.25) is 0 Å². The fourth-order valence-electron chi connectivity index (χ4n) is 20.0. The first kappa shape index (κ1) is 73.7. The number of benzene rings is 23. The average Bonchev–Trinajstić information content (AvgIpc) is 1.11. The molecule has 25 aromatic rings. The second-order valence-electron chi connectivity index (χ2n) is 32.7. The molecule has 25 rings (SSSR count). The van der Waals surface area contributed by atoms with Crippen LogP contribution in [0.3, 0.4) is 0 Å². The van der Waals surface area contributed by atoms with Crippen molar-refractivity contribution in [2.24, 2.45) is 0 Å². The van der Waals surface area contributed by atoms with E-state index in [2.05, 4.69) is 483 Å². The normalized spacial score (nSPS) is 11.7. The van der Waals surface area contributed by atoms with E-state index in [0.29, 0.717) is 0 Å². The van der Waals surface area contributed by atoms with Crippen LogP contribution < -0.4 is 9.80 Å². The fourth-order valence-corrected chi connectivity index (χ4v) is 21.3. The van der Waals surface area contributed by atoms with Crippen molar-refractivity contribution in [2.75, 3.05) is 9.80 Å². The molecule has 0 atom stereocenters. The van der Waals surface area contributed by atoms with Crippen LogP contribution in [0.5, 0.6) is 0 Å². The van der Waals surface area contributed by atoms with Crippen LogP contribution in [0, 0.1) is 0 Å². The molecule has 0 aliphatic carbocycles. The molecular weight excluding hydrogens is 1540 g/mol. The molecule has 588 valence electrons. The van der Waals surface area contributed by atoms with E-state index in [1.54, 1.807) is 0 Å². The Labute approximate surface area is 733 Å². The SMILES string of the molecule is c1ccc(-c2c(-c3cccc(N(c4ccc(-c5cccc6c5oc5c(-c7ccccc7)cccc56)cc4)c4cc5ccccc5c5ccccc45)c3)c3ccccc3c3ccccc23)cc1.c1ccc(-c2c(-c3cccc(N(c4ccc(-c5cccc6c5sc5ccccc56)cc4)c4cc5ccccc5c5ccccc45)c3)c3ccccc3c3ccccc23)cc1. The molecule has 0 spiro atoms. The van der Waals surface area contributed by atoms with E-state index in [9.17, 15) is 0 Å². The van der Waals surface area contributed by atoms with E-state index in [1.165, 1.54) is 156 Å². The smallest absolute Gasteiger partial charge is 0.143 e. The minimum absolute atomic E-state index is 0.894. The first-order chi connectivity index (χ1) is 62.5. The second kappa shape index (κ2) is 31.0. The van der Waals surface area contributed by atoms with Crippen molar-refractivity contribution in [3.63, 3.8) is 0 Å². The Bertz CT molecular complexity index is 8590. The van der Waals surface area contributed by atoms with Crippen LogP contribution in [0.2, 0.25) is 0 Å². The summed E-state index contributed by atoms with van der Waals surface area (Å²) in [4.78, 5) is 4.91. The number of nitrogens with zero attached hydrogens (tertiary/aromatic N) is 2. The summed E-state index contributed by atoms with van der Waals surface area (Å²) < 4.78 is 9.52. The van der Waals surface area contributed by atoms with Crippen LogP contribution in [0.15, 0.2) is 478 Å². The van der Waals surface area contributed by atoms with Gasteiger partial charge in [0.2, 0.25) is 0 Å². The molecule has 2 aromatic heterocycles. The lowest BCUT2D eigenvalue weighted by Gasteiger charge is -2.28. The van der Waals surface area contributed by atoms with E-state index >= 15 is 0 Å². The monoisotopic (exact) mass is 1620 g/mol. The number of furan rings is 1. The molecule has 0 N–H and O–H groups in total. The van der Waals surface area contributed by atoms with Gasteiger partial charge in [-0.2, -0.15) is 0 Å². The van der Waals surface area contributed by atoms with Crippen molar-refractivity contribution in [2.45, 2.75) is 0 Å². The third-order valence-corrected chi connectivity index (χ3v) is 26.9. The van der Waals surface area contributed by atoms with E-state index < -0.39 is 0 Å². The molecule has 23 aromatic carbocycles. The first-order valence-electron chi connectivity index (χ1n) is 43.3. The summed E-state index contributed by atoms with van der Waals surface area (Å²) >= 11 is 1.88. The highest BCUT2D eigenvalue weighted by Gasteiger charge is 2.27. The lowest BCUT2D eigenvalue weighted by molar-refractivity contribution is 0.671. The van der Waals surface area contributed by atoms with Gasteiger partial charge < -0.3 is 14.2 Å². The van der Waals surface area contributed by atoms with Gasteiger partial charge in [-0.25, -0.2) is 0 Å². The van der Waals surface area contributed by atoms with E-state index in [0.717, 1.165) is 83.9 Å². The van der Waals surface area contributed by atoms with Gasteiger partial charge in [0.15, 0.2) is 0 Å². The summed E-state index contributed by atoms with van der Waals surface area (Å²) in [6.07, 6.45) is 0. The predicted octanol–water partition coefficient (Wildman–Crippen LogP) is 35.5. The van der Waals surface area contributed by atoms with E-state index in [1.807, 2.05) is 11.3 Å². The number of rotatable bonds is 13. The maximum Gasteiger partial charge on any atom is 0.143 e. The highest BCUT2D eigenvalue weighted by atomic mass is 32.1. The topological polar surface area (TPSA) is 19.6 Å². The number of hydrogen-bond donors (Lipinski definition) is 0. The minimum atomic E-state index is 0.894. The van der Waals surface area contributed by atoms with Crippen molar-refractivity contribution >= 4 is 174 Å². The third-order valence-electron chi connectivity index (χ3n) is 25.6. The number of fused-ring (bicyclic) bond motifs is 18. The van der Waals surface area contributed by atoms with Gasteiger partial charge in [0.05, 0.1) is 11.4 Å². The van der Waals surface area contributed by atoms with Crippen LogP contribution >= 0.6 is 11.3 Å². The van der Waals surface area contributed by atoms with Crippen molar-refractivity contribution in [3.8, 4) is 77.9 Å². The van der Waals surface area contributed by atoms with Gasteiger partial charge in [0.1, 0.15) is 11.2 Å². The Morgan fingerprint density at radius 1 is 0.167 bits per heavy atom. The van der Waals surface area contributed by atoms with Gasteiger partial charge in [0.25, 0.3) is 0 Å². The van der Waals surface area contributed by atoms with Gasteiger partial charge >= 0.3 is 0 Å². The molecule has 4 heteroatoms. The van der Waals surface area contributed by atoms with Gasteiger partial charge in [-0.1, -0.05) is 406 Å². The zero-order valence-corrected chi connectivity index (χ0v) is 69.6. The van der Waals surface area contributed by atoms with Crippen molar-refractivity contribution in [3.05, 3.63) is 473 Å². The minimum Gasteiger partial charge on any atom is -0.455 e. The first-order valence-corrected chi connectivity index (χ1v) is 44.1. The molecule has 2 heterocycles. The number of para-hydroxylation sites is 2. The van der Waals surface area contributed by atoms with Gasteiger partial charge in [-0.05, 0) is 209 Å². The summed E-state index contributed by atoms with van der Waals surface area (Å²) in [6, 6.07) is 173. The molecule has 0 aliphatic heterocycles. The Balaban J connectivity index is 0.000000142. The quantitative estimate of drug-likeness (QED) is 0.107. The van der Waals surface area contributed by atoms with Crippen LogP contribution in [-0.2, 0) is 0 Å². The molecule has 0 fully saturated rings. The zero-order chi connectivity index (χ0) is 83.1. The molecule has 0 bridgehead atoms. The van der Waals surface area contributed by atoms with Crippen LogP contribution in [0.1, 0.15) is 0 Å². The van der Waals surface area contributed by atoms with Crippen molar-refractivity contribution in [1.29, 1.82) is 0 Å². The maximum absolute atomic E-state index is 6.87. The Morgan fingerprint density at radius 3 is 0.873 bits per heavy atom. The Morgan fingerprint density at radius 2 is 0.452 bits per heavy atom. The standard InChI is InChI=1S/C64H41NO.C58H37NS/c1-3-18-42(19-4-1)50-32-16-34-58-59-35-17-33-51(64(59)66-63(50)58)43-36-38-47(39-37-43)65(60-41-45-22-7-8-25-49(45)52-26-9-12-29-55(52)60)48-24-15-23-46(40-48)62-57-31-14-11-28-54(57)53-27-10-13-30-56(53)61(62)44-20-5-2-6-21-44;1-2-16-39(17-3-1)56-51-27-10-7-23-47(51)48-24-8-11-28-52(48)57(56)41-19-14-20-43(36-41)59(54-37-40-18-4-5-21-44(40)46-22-6-9-25-49(46)54)42-34-32-38(33-35-42)45-29-15-30-53-50-26-12-13-31-55(50)60-58(45)53/h1-41H;1-37H. The van der Waals surface area contributed by atoms with Crippen LogP contribution in [-0.4, -0.2) is 0 Å². The van der Waals surface area contributed by atoms with E-state index in [-0.39, 0.29) is 0 Å². The molecule has 3 nitrogen and oxygen atoms in total.